The third-order valence-corrected chi connectivity index (χ3v) is 6.67. The quantitative estimate of drug-likeness (QED) is 0.368. The Morgan fingerprint density at radius 1 is 1.15 bits per heavy atom. The lowest BCUT2D eigenvalue weighted by Crippen LogP contribution is -2.42. The van der Waals surface area contributed by atoms with E-state index in [4.69, 9.17) is 0 Å². The number of nitrogens with one attached hydrogen (secondary N) is 3. The van der Waals surface area contributed by atoms with Crippen LogP contribution in [-0.4, -0.2) is 47.2 Å². The Balaban J connectivity index is 1.43. The number of carboxylic acids is 1. The summed E-state index contributed by atoms with van der Waals surface area (Å²) in [6.07, 6.45) is 4.60. The molecule has 0 radical (unpaired) electrons. The molecule has 2 aromatic carbocycles. The van der Waals surface area contributed by atoms with E-state index in [2.05, 4.69) is 20.3 Å². The maximum atomic E-state index is 12.5. The van der Waals surface area contributed by atoms with Gasteiger partial charge in [-0.1, -0.05) is 36.4 Å². The van der Waals surface area contributed by atoms with Crippen LogP contribution in [0.25, 0.3) is 11.1 Å². The number of sulfonamides is 1. The number of imidazole rings is 1. The molecule has 4 rings (SSSR count). The Labute approximate surface area is 197 Å². The van der Waals surface area contributed by atoms with E-state index in [1.54, 1.807) is 25.2 Å². The molecule has 1 aliphatic rings. The average molecular weight is 484 g/mol. The Hall–Kier alpha value is -3.70. The van der Waals surface area contributed by atoms with Gasteiger partial charge >= 0.3 is 12.0 Å². The lowest BCUT2D eigenvalue weighted by atomic mass is 10.0. The molecule has 178 valence electrons. The van der Waals surface area contributed by atoms with Crippen LogP contribution < -0.4 is 15.4 Å². The highest BCUT2D eigenvalue weighted by Crippen LogP contribution is 2.24. The molecular weight excluding hydrogens is 458 g/mol. The molecule has 1 saturated carbocycles. The van der Waals surface area contributed by atoms with Crippen LogP contribution in [-0.2, 0) is 28.3 Å². The topological polar surface area (TPSA) is 142 Å². The number of carboxylic acid groups (broad SMARTS) is 1. The minimum absolute atomic E-state index is 0.0371. The summed E-state index contributed by atoms with van der Waals surface area (Å²) in [5.74, 6) is -1.29. The van der Waals surface area contributed by atoms with Crippen molar-refractivity contribution in [3.05, 3.63) is 66.6 Å². The van der Waals surface area contributed by atoms with Crippen LogP contribution >= 0.6 is 0 Å². The number of benzene rings is 2. The van der Waals surface area contributed by atoms with Crippen molar-refractivity contribution in [2.45, 2.75) is 36.4 Å². The van der Waals surface area contributed by atoms with Gasteiger partial charge in [0.15, 0.2) is 5.03 Å². The van der Waals surface area contributed by atoms with Crippen molar-refractivity contribution >= 4 is 27.7 Å². The molecule has 1 heterocycles. The minimum atomic E-state index is -4.08. The molecule has 0 saturated heterocycles. The number of amides is 2. The Morgan fingerprint density at radius 2 is 1.88 bits per heavy atom. The summed E-state index contributed by atoms with van der Waals surface area (Å²) in [7, 11) is -2.45. The molecule has 1 aliphatic carbocycles. The van der Waals surface area contributed by atoms with Gasteiger partial charge in [0.05, 0.1) is 6.33 Å². The van der Waals surface area contributed by atoms with E-state index in [-0.39, 0.29) is 23.5 Å². The molecule has 2 amide bonds. The van der Waals surface area contributed by atoms with Gasteiger partial charge in [0.2, 0.25) is 0 Å². The number of aromatic nitrogens is 2. The third kappa shape index (κ3) is 6.00. The monoisotopic (exact) mass is 483 g/mol. The lowest BCUT2D eigenvalue weighted by Gasteiger charge is -2.14. The van der Waals surface area contributed by atoms with Crippen LogP contribution in [0.15, 0.2) is 66.1 Å². The Bertz CT molecular complexity index is 1300. The summed E-state index contributed by atoms with van der Waals surface area (Å²) in [6, 6.07) is 13.2. The number of aryl methyl sites for hydroxylation is 1. The minimum Gasteiger partial charge on any atom is -0.480 e. The van der Waals surface area contributed by atoms with E-state index in [0.29, 0.717) is 11.3 Å². The van der Waals surface area contributed by atoms with Crippen molar-refractivity contribution in [2.24, 2.45) is 7.05 Å². The highest BCUT2D eigenvalue weighted by Gasteiger charge is 2.27. The van der Waals surface area contributed by atoms with Crippen molar-refractivity contribution in [2.75, 3.05) is 5.32 Å². The van der Waals surface area contributed by atoms with Gasteiger partial charge in [0.1, 0.15) is 6.04 Å². The van der Waals surface area contributed by atoms with Gasteiger partial charge in [0, 0.05) is 25.0 Å². The number of aliphatic carboxylic acids is 1. The van der Waals surface area contributed by atoms with Crippen molar-refractivity contribution in [1.29, 1.82) is 0 Å². The summed E-state index contributed by atoms with van der Waals surface area (Å²) >= 11 is 0. The highest BCUT2D eigenvalue weighted by molar-refractivity contribution is 7.89. The highest BCUT2D eigenvalue weighted by atomic mass is 32.2. The number of rotatable bonds is 9. The number of carbonyl (C=O) groups excluding carboxylic acids is 1. The fourth-order valence-corrected chi connectivity index (χ4v) is 4.55. The summed E-state index contributed by atoms with van der Waals surface area (Å²) in [6.45, 7) is 0. The molecule has 34 heavy (non-hydrogen) atoms. The van der Waals surface area contributed by atoms with Crippen molar-refractivity contribution < 1.29 is 23.1 Å². The first kappa shape index (κ1) is 23.5. The molecule has 1 aromatic heterocycles. The van der Waals surface area contributed by atoms with E-state index in [1.165, 1.54) is 17.1 Å². The summed E-state index contributed by atoms with van der Waals surface area (Å²) in [4.78, 5) is 27.5. The second-order valence-corrected chi connectivity index (χ2v) is 9.90. The zero-order chi connectivity index (χ0) is 24.3. The fourth-order valence-electron chi connectivity index (χ4n) is 3.38. The molecule has 4 N–H and O–H groups in total. The van der Waals surface area contributed by atoms with Gasteiger partial charge in [-0.05, 0) is 48.1 Å². The predicted molar refractivity (Wildman–Crippen MR) is 126 cm³/mol. The van der Waals surface area contributed by atoms with Gasteiger partial charge < -0.3 is 20.3 Å². The zero-order valence-corrected chi connectivity index (χ0v) is 19.2. The standard InChI is InChI=1S/C23H25N5O5S/c1-28-13-21(24-14-28)34(32,33)27-20(22(29)30)11-15-5-7-16(8-6-15)17-3-2-4-19(12-17)26-23(31)25-18-9-10-18/h2-8,12-14,18,20,27H,9-11H2,1H3,(H,29,30)(H2,25,26,31). The van der Waals surface area contributed by atoms with Crippen LogP contribution in [0.5, 0.6) is 0 Å². The van der Waals surface area contributed by atoms with Crippen LogP contribution in [0, 0.1) is 0 Å². The number of nitrogens with zero attached hydrogens (tertiary/aromatic N) is 2. The number of hydrogen-bond acceptors (Lipinski definition) is 5. The second kappa shape index (κ2) is 9.65. The SMILES string of the molecule is Cn1cnc(S(=O)(=O)NC(Cc2ccc(-c3cccc(NC(=O)NC4CC4)c3)cc2)C(=O)O)c1. The van der Waals surface area contributed by atoms with Gasteiger partial charge in [-0.25, -0.2) is 18.2 Å². The predicted octanol–water partition coefficient (Wildman–Crippen LogP) is 2.35. The van der Waals surface area contributed by atoms with Crippen LogP contribution in [0.3, 0.4) is 0 Å². The maximum absolute atomic E-state index is 12.5. The lowest BCUT2D eigenvalue weighted by molar-refractivity contribution is -0.138. The number of carbonyl (C=O) groups is 2. The van der Waals surface area contributed by atoms with E-state index in [9.17, 15) is 23.1 Å². The van der Waals surface area contributed by atoms with Crippen LogP contribution in [0.1, 0.15) is 18.4 Å². The molecule has 0 bridgehead atoms. The molecule has 0 aliphatic heterocycles. The second-order valence-electron chi connectivity index (χ2n) is 8.24. The van der Waals surface area contributed by atoms with E-state index < -0.39 is 22.0 Å². The van der Waals surface area contributed by atoms with Crippen molar-refractivity contribution in [1.82, 2.24) is 19.6 Å². The fraction of sp³-hybridized carbons (Fsp3) is 0.261. The van der Waals surface area contributed by atoms with Gasteiger partial charge in [0.25, 0.3) is 10.0 Å². The van der Waals surface area contributed by atoms with Gasteiger partial charge in [-0.3, -0.25) is 4.79 Å². The van der Waals surface area contributed by atoms with Gasteiger partial charge in [-0.15, -0.1) is 0 Å². The zero-order valence-electron chi connectivity index (χ0n) is 18.4. The smallest absolute Gasteiger partial charge is 0.322 e. The first-order valence-corrected chi connectivity index (χ1v) is 12.2. The van der Waals surface area contributed by atoms with Crippen molar-refractivity contribution in [3.8, 4) is 11.1 Å². The first-order valence-electron chi connectivity index (χ1n) is 10.7. The average Bonchev–Trinajstić information content (AvgIpc) is 3.49. The van der Waals surface area contributed by atoms with Crippen molar-refractivity contribution in [3.63, 3.8) is 0 Å². The third-order valence-electron chi connectivity index (χ3n) is 5.31. The summed E-state index contributed by atoms with van der Waals surface area (Å²) < 4.78 is 28.6. The van der Waals surface area contributed by atoms with E-state index in [0.717, 1.165) is 24.0 Å². The number of urea groups is 1. The molecule has 1 unspecified atom stereocenters. The largest absolute Gasteiger partial charge is 0.480 e. The Kier molecular flexibility index (Phi) is 6.66. The van der Waals surface area contributed by atoms with E-state index >= 15 is 0 Å². The normalized spacial score (nSPS) is 14.4. The van der Waals surface area contributed by atoms with Gasteiger partial charge in [-0.2, -0.15) is 4.72 Å². The first-order chi connectivity index (χ1) is 16.2. The molecule has 10 nitrogen and oxygen atoms in total. The van der Waals surface area contributed by atoms with Crippen LogP contribution in [0.4, 0.5) is 10.5 Å². The molecule has 0 spiro atoms. The number of anilines is 1. The molecule has 1 atom stereocenters. The molecule has 1 fully saturated rings. The summed E-state index contributed by atoms with van der Waals surface area (Å²) in [5.41, 5.74) is 3.06. The van der Waals surface area contributed by atoms with E-state index in [1.807, 2.05) is 30.3 Å². The molecular formula is C23H25N5O5S. The molecule has 3 aromatic rings. The number of hydrogen-bond donors (Lipinski definition) is 4. The molecule has 11 heteroatoms. The summed E-state index contributed by atoms with van der Waals surface area (Å²) in [5, 5.41) is 15.0. The van der Waals surface area contributed by atoms with Crippen LogP contribution in [0.2, 0.25) is 0 Å². The Morgan fingerprint density at radius 3 is 2.50 bits per heavy atom. The maximum Gasteiger partial charge on any atom is 0.322 e.